The Bertz CT molecular complexity index is 820. The molecule has 28 heavy (non-hydrogen) atoms. The zero-order chi connectivity index (χ0) is 20.9. The van der Waals surface area contributed by atoms with Crippen molar-refractivity contribution < 1.29 is 33.4 Å². The van der Waals surface area contributed by atoms with E-state index in [1.165, 1.54) is 12.1 Å². The smallest absolute Gasteiger partial charge is 0.413 e. The molecule has 1 N–H and O–H groups in total. The van der Waals surface area contributed by atoms with Crippen LogP contribution in [-0.2, 0) is 29.3 Å². The Hall–Kier alpha value is -3.23. The van der Waals surface area contributed by atoms with Gasteiger partial charge in [0.2, 0.25) is 5.91 Å². The van der Waals surface area contributed by atoms with Crippen molar-refractivity contribution in [2.24, 2.45) is 0 Å². The number of methoxy groups -OCH3 is 2. The van der Waals surface area contributed by atoms with Crippen LogP contribution in [0.4, 0.5) is 4.79 Å². The van der Waals surface area contributed by atoms with E-state index >= 15 is 0 Å². The minimum absolute atomic E-state index is 0.0737. The number of esters is 1. The Labute approximate surface area is 162 Å². The van der Waals surface area contributed by atoms with Gasteiger partial charge in [0.15, 0.2) is 5.41 Å². The van der Waals surface area contributed by atoms with Gasteiger partial charge in [0.05, 0.1) is 20.6 Å². The van der Waals surface area contributed by atoms with E-state index in [1.54, 1.807) is 12.1 Å². The summed E-state index contributed by atoms with van der Waals surface area (Å²) in [7, 11) is 2.16. The molecule has 0 fully saturated rings. The number of nitrogens with one attached hydrogen (secondary N) is 1. The van der Waals surface area contributed by atoms with Gasteiger partial charge in [0, 0.05) is 12.1 Å². The normalized spacial score (nSPS) is 18.3. The molecule has 2 rings (SSSR count). The zero-order valence-corrected chi connectivity index (χ0v) is 15.9. The van der Waals surface area contributed by atoms with E-state index in [4.69, 9.17) is 4.74 Å². The minimum atomic E-state index is -2.08. The summed E-state index contributed by atoms with van der Waals surface area (Å²) in [5.41, 5.74) is -1.87. The molecule has 150 valence electrons. The van der Waals surface area contributed by atoms with Crippen molar-refractivity contribution in [2.75, 3.05) is 20.8 Å². The lowest BCUT2D eigenvalue weighted by Crippen LogP contribution is -2.60. The Balaban J connectivity index is 2.62. The number of alkyl carbamates (subject to hydrolysis) is 1. The lowest BCUT2D eigenvalue weighted by Gasteiger charge is -2.39. The second kappa shape index (κ2) is 8.64. The first kappa shape index (κ1) is 21.1. The number of hydrogen-bond donors (Lipinski definition) is 1. The number of ether oxygens (including phenoxy) is 2. The molecule has 1 aliphatic heterocycles. The van der Waals surface area contributed by atoms with Crippen LogP contribution in [0.5, 0.6) is 0 Å². The molecule has 0 aliphatic carbocycles. The van der Waals surface area contributed by atoms with Crippen molar-refractivity contribution in [3.8, 4) is 0 Å². The third-order valence-electron chi connectivity index (χ3n) is 4.59. The summed E-state index contributed by atoms with van der Waals surface area (Å²) < 4.78 is 9.23. The average molecular weight is 390 g/mol. The lowest BCUT2D eigenvalue weighted by atomic mass is 9.71. The third kappa shape index (κ3) is 3.60. The number of rotatable bonds is 6. The van der Waals surface area contributed by atoms with Crippen molar-refractivity contribution in [3.05, 3.63) is 35.4 Å². The van der Waals surface area contributed by atoms with Crippen molar-refractivity contribution in [2.45, 2.75) is 31.6 Å². The predicted molar refractivity (Wildman–Crippen MR) is 96.3 cm³/mol. The van der Waals surface area contributed by atoms with Crippen molar-refractivity contribution in [1.29, 1.82) is 0 Å². The maximum absolute atomic E-state index is 13.3. The standard InChI is InChI=1S/C19H22N2O7/c1-4-5-10-21-15(23)12-8-6-7-9-13(12)19(16(21)24,17(25)27-2)11-14(22)20-18(26)28-3/h6-9H,4-5,10-11H2,1-3H3,(H,20,22,26). The summed E-state index contributed by atoms with van der Waals surface area (Å²) in [4.78, 5) is 63.7. The largest absolute Gasteiger partial charge is 0.468 e. The number of unbranched alkanes of at least 4 members (excludes halogenated alkanes) is 1. The van der Waals surface area contributed by atoms with Crippen LogP contribution >= 0.6 is 0 Å². The summed E-state index contributed by atoms with van der Waals surface area (Å²) in [5, 5.41) is 1.94. The number of benzene rings is 1. The number of carbonyl (C=O) groups excluding carboxylic acids is 5. The molecule has 1 aliphatic rings. The van der Waals surface area contributed by atoms with Gasteiger partial charge in [-0.3, -0.25) is 29.4 Å². The van der Waals surface area contributed by atoms with Gasteiger partial charge < -0.3 is 9.47 Å². The highest BCUT2D eigenvalue weighted by atomic mass is 16.5. The van der Waals surface area contributed by atoms with Gasteiger partial charge in [-0.2, -0.15) is 0 Å². The molecule has 1 heterocycles. The van der Waals surface area contributed by atoms with Crippen LogP contribution in [0.15, 0.2) is 24.3 Å². The molecule has 1 atom stereocenters. The molecule has 9 heteroatoms. The van der Waals surface area contributed by atoms with E-state index < -0.39 is 41.6 Å². The van der Waals surface area contributed by atoms with Gasteiger partial charge in [-0.15, -0.1) is 0 Å². The average Bonchev–Trinajstić information content (AvgIpc) is 2.70. The van der Waals surface area contributed by atoms with Crippen LogP contribution in [0.2, 0.25) is 0 Å². The molecule has 0 spiro atoms. The molecule has 0 aromatic heterocycles. The SMILES string of the molecule is CCCCN1C(=O)c2ccccc2C(CC(=O)NC(=O)OC)(C(=O)OC)C1=O. The van der Waals surface area contributed by atoms with Gasteiger partial charge >= 0.3 is 12.1 Å². The van der Waals surface area contributed by atoms with Gasteiger partial charge in [0.1, 0.15) is 0 Å². The summed E-state index contributed by atoms with van der Waals surface area (Å²) >= 11 is 0. The maximum Gasteiger partial charge on any atom is 0.413 e. The van der Waals surface area contributed by atoms with Gasteiger partial charge in [0.25, 0.3) is 11.8 Å². The maximum atomic E-state index is 13.3. The molecule has 1 aromatic rings. The molecular weight excluding hydrogens is 368 g/mol. The lowest BCUT2D eigenvalue weighted by molar-refractivity contribution is -0.158. The number of fused-ring (bicyclic) bond motifs is 1. The van der Waals surface area contributed by atoms with Crippen LogP contribution in [-0.4, -0.2) is 55.4 Å². The topological polar surface area (TPSA) is 119 Å². The zero-order valence-electron chi connectivity index (χ0n) is 15.9. The molecule has 4 amide bonds. The predicted octanol–water partition coefficient (Wildman–Crippen LogP) is 1.15. The Morgan fingerprint density at radius 2 is 1.79 bits per heavy atom. The van der Waals surface area contributed by atoms with E-state index in [0.717, 1.165) is 19.1 Å². The van der Waals surface area contributed by atoms with E-state index in [-0.39, 0.29) is 17.7 Å². The van der Waals surface area contributed by atoms with Crippen LogP contribution in [0, 0.1) is 0 Å². The second-order valence-electron chi connectivity index (χ2n) is 6.27. The van der Waals surface area contributed by atoms with Crippen LogP contribution in [0.25, 0.3) is 0 Å². The fourth-order valence-corrected chi connectivity index (χ4v) is 3.21. The fourth-order valence-electron chi connectivity index (χ4n) is 3.21. The Morgan fingerprint density at radius 1 is 1.11 bits per heavy atom. The molecule has 0 radical (unpaired) electrons. The van der Waals surface area contributed by atoms with Crippen LogP contribution in [0.3, 0.4) is 0 Å². The van der Waals surface area contributed by atoms with Crippen molar-refractivity contribution >= 4 is 29.8 Å². The molecule has 0 saturated heterocycles. The van der Waals surface area contributed by atoms with Crippen LogP contribution < -0.4 is 5.32 Å². The fraction of sp³-hybridized carbons (Fsp3) is 0.421. The van der Waals surface area contributed by atoms with Gasteiger partial charge in [-0.1, -0.05) is 31.5 Å². The first-order valence-electron chi connectivity index (χ1n) is 8.75. The molecular formula is C19H22N2O7. The highest BCUT2D eigenvalue weighted by Crippen LogP contribution is 2.39. The summed E-state index contributed by atoms with van der Waals surface area (Å²) in [5.74, 6) is -3.29. The van der Waals surface area contributed by atoms with E-state index in [2.05, 4.69) is 4.74 Å². The summed E-state index contributed by atoms with van der Waals surface area (Å²) in [6, 6.07) is 6.07. The number of carbonyl (C=O) groups is 5. The first-order chi connectivity index (χ1) is 13.3. The number of imide groups is 2. The minimum Gasteiger partial charge on any atom is -0.468 e. The quantitative estimate of drug-likeness (QED) is 0.440. The summed E-state index contributed by atoms with van der Waals surface area (Å²) in [6.45, 7) is 1.99. The molecule has 0 bridgehead atoms. The summed E-state index contributed by atoms with van der Waals surface area (Å²) in [6.07, 6.45) is -0.487. The van der Waals surface area contributed by atoms with Crippen molar-refractivity contribution in [3.63, 3.8) is 0 Å². The Kier molecular flexibility index (Phi) is 6.50. The second-order valence-corrected chi connectivity index (χ2v) is 6.27. The number of amides is 4. The van der Waals surface area contributed by atoms with E-state index in [1.807, 2.05) is 12.2 Å². The number of nitrogens with zero attached hydrogens (tertiary/aromatic N) is 1. The number of hydrogen-bond acceptors (Lipinski definition) is 7. The van der Waals surface area contributed by atoms with E-state index in [0.29, 0.717) is 12.8 Å². The monoisotopic (exact) mass is 390 g/mol. The molecule has 9 nitrogen and oxygen atoms in total. The highest BCUT2D eigenvalue weighted by Gasteiger charge is 2.57. The van der Waals surface area contributed by atoms with Gasteiger partial charge in [-0.05, 0) is 18.1 Å². The molecule has 0 saturated carbocycles. The van der Waals surface area contributed by atoms with Gasteiger partial charge in [-0.25, -0.2) is 4.79 Å². The molecule has 1 unspecified atom stereocenters. The van der Waals surface area contributed by atoms with E-state index in [9.17, 15) is 24.0 Å². The van der Waals surface area contributed by atoms with Crippen LogP contribution in [0.1, 0.15) is 42.1 Å². The first-order valence-corrected chi connectivity index (χ1v) is 8.75. The molecule has 1 aromatic carbocycles. The highest BCUT2D eigenvalue weighted by molar-refractivity contribution is 6.22. The van der Waals surface area contributed by atoms with Crippen molar-refractivity contribution in [1.82, 2.24) is 10.2 Å². The Morgan fingerprint density at radius 3 is 2.39 bits per heavy atom. The third-order valence-corrected chi connectivity index (χ3v) is 4.59.